The molecular weight excluding hydrogens is 226 g/mol. The van der Waals surface area contributed by atoms with Gasteiger partial charge in [-0.1, -0.05) is 0 Å². The summed E-state index contributed by atoms with van der Waals surface area (Å²) in [4.78, 5) is 3.92. The van der Waals surface area contributed by atoms with Crippen molar-refractivity contribution >= 4 is 23.1 Å². The fraction of sp³-hybridized carbons (Fsp3) is 0.222. The molecule has 0 aromatic carbocycles. The Morgan fingerprint density at radius 2 is 2.38 bits per heavy atom. The average Bonchev–Trinajstić information content (AvgIpc) is 2.88. The Morgan fingerprint density at radius 3 is 2.94 bits per heavy atom. The van der Waals surface area contributed by atoms with Crippen molar-refractivity contribution in [1.82, 2.24) is 19.3 Å². The molecule has 84 valence electrons. The van der Waals surface area contributed by atoms with Crippen molar-refractivity contribution < 1.29 is 4.74 Å². The number of imidazole rings is 1. The summed E-state index contributed by atoms with van der Waals surface area (Å²) in [7, 11) is 3.38. The molecule has 0 aliphatic rings. The van der Waals surface area contributed by atoms with E-state index in [-0.39, 0.29) is 0 Å². The van der Waals surface area contributed by atoms with Crippen LogP contribution in [0.2, 0.25) is 0 Å². The summed E-state index contributed by atoms with van der Waals surface area (Å²) < 4.78 is 8.37. The van der Waals surface area contributed by atoms with E-state index in [4.69, 9.17) is 17.0 Å². The highest BCUT2D eigenvalue weighted by Crippen LogP contribution is 2.15. The van der Waals surface area contributed by atoms with Gasteiger partial charge < -0.3 is 10.1 Å². The van der Waals surface area contributed by atoms with Crippen molar-refractivity contribution in [3.63, 3.8) is 0 Å². The summed E-state index contributed by atoms with van der Waals surface area (Å²) in [6, 6.07) is 1.77. The molecule has 1 N–H and O–H groups in total. The zero-order chi connectivity index (χ0) is 11.5. The first-order chi connectivity index (χ1) is 7.70. The van der Waals surface area contributed by atoms with Gasteiger partial charge in [0.05, 0.1) is 7.11 Å². The molecule has 0 spiro atoms. The molecule has 2 rings (SSSR count). The maximum atomic E-state index is 5.19. The number of ether oxygens (including phenoxy) is 1. The number of anilines is 1. The van der Waals surface area contributed by atoms with Crippen LogP contribution in [0.4, 0.5) is 5.82 Å². The van der Waals surface area contributed by atoms with Gasteiger partial charge in [0.1, 0.15) is 12.1 Å². The molecule has 2 aromatic rings. The molecule has 2 aromatic heterocycles. The summed E-state index contributed by atoms with van der Waals surface area (Å²) in [5, 5.41) is 7.68. The van der Waals surface area contributed by atoms with E-state index in [0.29, 0.717) is 11.0 Å². The van der Waals surface area contributed by atoms with Crippen molar-refractivity contribution in [1.29, 1.82) is 0 Å². The van der Waals surface area contributed by atoms with Crippen LogP contribution in [-0.4, -0.2) is 31.6 Å². The molecule has 6 nitrogen and oxygen atoms in total. The summed E-state index contributed by atoms with van der Waals surface area (Å²) in [5.74, 6) is 1.30. The zero-order valence-electron chi connectivity index (χ0n) is 8.91. The Labute approximate surface area is 97.9 Å². The lowest BCUT2D eigenvalue weighted by Gasteiger charge is -2.07. The highest BCUT2D eigenvalue weighted by Gasteiger charge is 2.07. The molecule has 0 amide bonds. The number of rotatable bonds is 2. The highest BCUT2D eigenvalue weighted by molar-refractivity contribution is 7.80. The van der Waals surface area contributed by atoms with E-state index in [0.717, 1.165) is 5.82 Å². The van der Waals surface area contributed by atoms with Crippen LogP contribution in [0, 0.1) is 0 Å². The minimum Gasteiger partial charge on any atom is -0.480 e. The molecule has 0 saturated heterocycles. The minimum absolute atomic E-state index is 0.531. The van der Waals surface area contributed by atoms with Crippen molar-refractivity contribution in [2.24, 2.45) is 7.05 Å². The molecule has 0 atom stereocenters. The smallest absolute Gasteiger partial charge is 0.234 e. The van der Waals surface area contributed by atoms with Gasteiger partial charge >= 0.3 is 0 Å². The SMILES string of the molecule is COc1cc(NC(=S)n2ccnc2)n(C)n1. The maximum Gasteiger partial charge on any atom is 0.234 e. The van der Waals surface area contributed by atoms with Crippen LogP contribution < -0.4 is 10.1 Å². The number of aromatic nitrogens is 4. The predicted molar refractivity (Wildman–Crippen MR) is 63.6 cm³/mol. The Morgan fingerprint density at radius 1 is 1.56 bits per heavy atom. The standard InChI is InChI=1S/C9H11N5OS/c1-13-7(5-8(12-13)15-2)11-9(16)14-4-3-10-6-14/h3-6H,1-2H3,(H,11,16). The van der Waals surface area contributed by atoms with E-state index < -0.39 is 0 Å². The van der Waals surface area contributed by atoms with E-state index in [1.807, 2.05) is 0 Å². The van der Waals surface area contributed by atoms with Crippen LogP contribution in [-0.2, 0) is 7.05 Å². The second kappa shape index (κ2) is 4.31. The number of nitrogens with zero attached hydrogens (tertiary/aromatic N) is 4. The lowest BCUT2D eigenvalue weighted by Crippen LogP contribution is -2.19. The first-order valence-corrected chi connectivity index (χ1v) is 4.99. The van der Waals surface area contributed by atoms with Gasteiger partial charge in [-0.15, -0.1) is 5.10 Å². The third-order valence-electron chi connectivity index (χ3n) is 2.04. The fourth-order valence-corrected chi connectivity index (χ4v) is 1.42. The third kappa shape index (κ3) is 2.03. The van der Waals surface area contributed by atoms with Crippen molar-refractivity contribution in [2.75, 3.05) is 12.4 Å². The molecule has 0 saturated carbocycles. The Bertz CT molecular complexity index is 490. The van der Waals surface area contributed by atoms with E-state index in [9.17, 15) is 0 Å². The third-order valence-corrected chi connectivity index (χ3v) is 2.35. The fourth-order valence-electron chi connectivity index (χ4n) is 1.21. The largest absolute Gasteiger partial charge is 0.480 e. The molecule has 0 aliphatic heterocycles. The highest BCUT2D eigenvalue weighted by atomic mass is 32.1. The first-order valence-electron chi connectivity index (χ1n) is 4.58. The van der Waals surface area contributed by atoms with Gasteiger partial charge in [0, 0.05) is 25.5 Å². The maximum absolute atomic E-state index is 5.19. The topological polar surface area (TPSA) is 56.9 Å². The Balaban J connectivity index is 2.15. The normalized spacial score (nSPS) is 10.1. The molecule has 2 heterocycles. The number of thiocarbonyl (C=S) groups is 1. The number of hydrogen-bond donors (Lipinski definition) is 1. The van der Waals surface area contributed by atoms with Gasteiger partial charge in [-0.25, -0.2) is 9.67 Å². The number of methoxy groups -OCH3 is 1. The molecule has 0 radical (unpaired) electrons. The lowest BCUT2D eigenvalue weighted by atomic mass is 10.6. The Kier molecular flexibility index (Phi) is 2.86. The number of hydrogen-bond acceptors (Lipinski definition) is 4. The Hall–Kier alpha value is -1.89. The van der Waals surface area contributed by atoms with Crippen LogP contribution in [0.15, 0.2) is 24.8 Å². The molecule has 16 heavy (non-hydrogen) atoms. The van der Waals surface area contributed by atoms with Gasteiger partial charge in [-0.2, -0.15) is 0 Å². The second-order valence-corrected chi connectivity index (χ2v) is 3.48. The summed E-state index contributed by atoms with van der Waals surface area (Å²) in [5.41, 5.74) is 0. The quantitative estimate of drug-likeness (QED) is 0.785. The van der Waals surface area contributed by atoms with E-state index in [2.05, 4.69) is 15.4 Å². The monoisotopic (exact) mass is 237 g/mol. The number of nitrogens with one attached hydrogen (secondary N) is 1. The van der Waals surface area contributed by atoms with Crippen molar-refractivity contribution in [2.45, 2.75) is 0 Å². The van der Waals surface area contributed by atoms with Crippen LogP contribution in [0.25, 0.3) is 0 Å². The van der Waals surface area contributed by atoms with Crippen LogP contribution >= 0.6 is 12.2 Å². The minimum atomic E-state index is 0.531. The van der Waals surface area contributed by atoms with Gasteiger partial charge in [0.25, 0.3) is 0 Å². The predicted octanol–water partition coefficient (Wildman–Crippen LogP) is 0.870. The zero-order valence-corrected chi connectivity index (χ0v) is 9.73. The van der Waals surface area contributed by atoms with Crippen molar-refractivity contribution in [3.05, 3.63) is 24.8 Å². The van der Waals surface area contributed by atoms with Crippen LogP contribution in [0.3, 0.4) is 0 Å². The molecule has 0 aliphatic carbocycles. The first kappa shape index (κ1) is 10.6. The molecule has 0 fully saturated rings. The summed E-state index contributed by atoms with van der Waals surface area (Å²) in [6.07, 6.45) is 5.06. The molecule has 0 unspecified atom stereocenters. The van der Waals surface area contributed by atoms with Gasteiger partial charge in [0.15, 0.2) is 5.11 Å². The van der Waals surface area contributed by atoms with Crippen LogP contribution in [0.1, 0.15) is 0 Å². The molecule has 7 heteroatoms. The molecule has 0 bridgehead atoms. The van der Waals surface area contributed by atoms with E-state index >= 15 is 0 Å². The van der Waals surface area contributed by atoms with E-state index in [1.54, 1.807) is 48.2 Å². The van der Waals surface area contributed by atoms with Gasteiger partial charge in [0.2, 0.25) is 5.88 Å². The summed E-state index contributed by atoms with van der Waals surface area (Å²) in [6.45, 7) is 0. The second-order valence-electron chi connectivity index (χ2n) is 3.10. The van der Waals surface area contributed by atoms with Crippen molar-refractivity contribution in [3.8, 4) is 5.88 Å². The van der Waals surface area contributed by atoms with E-state index in [1.165, 1.54) is 0 Å². The lowest BCUT2D eigenvalue weighted by molar-refractivity contribution is 0.392. The van der Waals surface area contributed by atoms with Crippen LogP contribution in [0.5, 0.6) is 5.88 Å². The number of aryl methyl sites for hydroxylation is 1. The molecular formula is C9H11N5OS. The summed E-state index contributed by atoms with van der Waals surface area (Å²) >= 11 is 5.19. The van der Waals surface area contributed by atoms with Gasteiger partial charge in [-0.05, 0) is 12.2 Å². The van der Waals surface area contributed by atoms with Gasteiger partial charge in [-0.3, -0.25) is 4.57 Å². The average molecular weight is 237 g/mol.